The molecular weight excluding hydrogens is 288 g/mol. The van der Waals surface area contributed by atoms with Crippen LogP contribution < -0.4 is 0 Å². The number of benzene rings is 1. The van der Waals surface area contributed by atoms with Gasteiger partial charge < -0.3 is 15.0 Å². The SMILES string of the molecule is CN(CC(O)C1CC1)C(=O)Cc1c[nH]c2cc(Cl)ccc12. The van der Waals surface area contributed by atoms with Crippen molar-refractivity contribution in [3.05, 3.63) is 35.0 Å². The predicted molar refractivity (Wildman–Crippen MR) is 83.4 cm³/mol. The minimum Gasteiger partial charge on any atom is -0.391 e. The lowest BCUT2D eigenvalue weighted by Gasteiger charge is -2.20. The summed E-state index contributed by atoms with van der Waals surface area (Å²) in [5.41, 5.74) is 1.89. The van der Waals surface area contributed by atoms with Gasteiger partial charge in [0.25, 0.3) is 0 Å². The van der Waals surface area contributed by atoms with E-state index in [9.17, 15) is 9.90 Å². The zero-order valence-corrected chi connectivity index (χ0v) is 12.7. The lowest BCUT2D eigenvalue weighted by molar-refractivity contribution is -0.130. The first-order valence-corrected chi connectivity index (χ1v) is 7.60. The highest BCUT2D eigenvalue weighted by atomic mass is 35.5. The molecule has 2 aromatic rings. The number of aliphatic hydroxyl groups excluding tert-OH is 1. The number of halogens is 1. The third-order valence-electron chi connectivity index (χ3n) is 4.12. The molecule has 1 heterocycles. The van der Waals surface area contributed by atoms with Crippen molar-refractivity contribution in [3.63, 3.8) is 0 Å². The molecule has 1 atom stereocenters. The Kier molecular flexibility index (Phi) is 3.91. The fourth-order valence-electron chi connectivity index (χ4n) is 2.62. The highest BCUT2D eigenvalue weighted by Gasteiger charge is 2.31. The second-order valence-corrected chi connectivity index (χ2v) is 6.30. The van der Waals surface area contributed by atoms with Gasteiger partial charge in [-0.05, 0) is 36.5 Å². The van der Waals surface area contributed by atoms with Gasteiger partial charge in [-0.25, -0.2) is 0 Å². The minimum atomic E-state index is -0.388. The van der Waals surface area contributed by atoms with E-state index in [1.165, 1.54) is 0 Å². The number of carbonyl (C=O) groups excluding carboxylic acids is 1. The first-order chi connectivity index (χ1) is 10.0. The third-order valence-corrected chi connectivity index (χ3v) is 4.36. The molecule has 112 valence electrons. The van der Waals surface area contributed by atoms with Crippen LogP contribution in [0, 0.1) is 5.92 Å². The average molecular weight is 307 g/mol. The van der Waals surface area contributed by atoms with Crippen LogP contribution in [0.25, 0.3) is 10.9 Å². The summed E-state index contributed by atoms with van der Waals surface area (Å²) in [6, 6.07) is 5.60. The summed E-state index contributed by atoms with van der Waals surface area (Å²) in [6.07, 6.45) is 3.94. The number of nitrogens with zero attached hydrogens (tertiary/aromatic N) is 1. The van der Waals surface area contributed by atoms with Crippen molar-refractivity contribution < 1.29 is 9.90 Å². The molecule has 1 aromatic heterocycles. The summed E-state index contributed by atoms with van der Waals surface area (Å²) in [4.78, 5) is 17.0. The van der Waals surface area contributed by atoms with Gasteiger partial charge in [0, 0.05) is 35.7 Å². The fourth-order valence-corrected chi connectivity index (χ4v) is 2.79. The van der Waals surface area contributed by atoms with Crippen molar-refractivity contribution in [2.75, 3.05) is 13.6 Å². The molecule has 0 aliphatic heterocycles. The third kappa shape index (κ3) is 3.22. The molecular formula is C16H19ClN2O2. The van der Waals surface area contributed by atoms with Gasteiger partial charge in [0.15, 0.2) is 0 Å². The number of aromatic amines is 1. The van der Waals surface area contributed by atoms with Crippen molar-refractivity contribution in [1.82, 2.24) is 9.88 Å². The molecule has 3 rings (SSSR count). The maximum atomic E-state index is 12.3. The average Bonchev–Trinajstić information content (AvgIpc) is 3.22. The number of hydrogen-bond donors (Lipinski definition) is 2. The molecule has 2 N–H and O–H groups in total. The maximum absolute atomic E-state index is 12.3. The highest BCUT2D eigenvalue weighted by molar-refractivity contribution is 6.31. The van der Waals surface area contributed by atoms with Crippen LogP contribution in [0.4, 0.5) is 0 Å². The topological polar surface area (TPSA) is 56.3 Å². The van der Waals surface area contributed by atoms with Crippen LogP contribution in [-0.4, -0.2) is 40.6 Å². The quantitative estimate of drug-likeness (QED) is 0.892. The summed E-state index contributed by atoms with van der Waals surface area (Å²) in [5.74, 6) is 0.404. The van der Waals surface area contributed by atoms with Gasteiger partial charge in [-0.15, -0.1) is 0 Å². The molecule has 0 radical (unpaired) electrons. The Morgan fingerprint density at radius 3 is 3.00 bits per heavy atom. The molecule has 4 nitrogen and oxygen atoms in total. The summed E-state index contributed by atoms with van der Waals surface area (Å²) in [6.45, 7) is 0.414. The molecule has 0 bridgehead atoms. The summed E-state index contributed by atoms with van der Waals surface area (Å²) >= 11 is 5.95. The fraction of sp³-hybridized carbons (Fsp3) is 0.438. The number of likely N-dealkylation sites (N-methyl/N-ethyl adjacent to an activating group) is 1. The van der Waals surface area contributed by atoms with Crippen molar-refractivity contribution >= 4 is 28.4 Å². The van der Waals surface area contributed by atoms with Crippen LogP contribution in [-0.2, 0) is 11.2 Å². The van der Waals surface area contributed by atoms with Gasteiger partial charge in [-0.1, -0.05) is 17.7 Å². The van der Waals surface area contributed by atoms with E-state index in [1.54, 1.807) is 11.9 Å². The van der Waals surface area contributed by atoms with E-state index >= 15 is 0 Å². The van der Waals surface area contributed by atoms with Crippen LogP contribution in [0.5, 0.6) is 0 Å². The molecule has 0 saturated heterocycles. The van der Waals surface area contributed by atoms with Crippen molar-refractivity contribution in [3.8, 4) is 0 Å². The molecule has 1 unspecified atom stereocenters. The number of amides is 1. The number of fused-ring (bicyclic) bond motifs is 1. The van der Waals surface area contributed by atoms with E-state index < -0.39 is 0 Å². The number of rotatable bonds is 5. The van der Waals surface area contributed by atoms with Gasteiger partial charge in [-0.2, -0.15) is 0 Å². The van der Waals surface area contributed by atoms with Crippen LogP contribution >= 0.6 is 11.6 Å². The Balaban J connectivity index is 1.67. The first-order valence-electron chi connectivity index (χ1n) is 7.22. The lowest BCUT2D eigenvalue weighted by atomic mass is 10.1. The smallest absolute Gasteiger partial charge is 0.226 e. The Hall–Kier alpha value is -1.52. The van der Waals surface area contributed by atoms with Gasteiger partial charge in [0.05, 0.1) is 12.5 Å². The largest absolute Gasteiger partial charge is 0.391 e. The zero-order chi connectivity index (χ0) is 15.0. The first kappa shape index (κ1) is 14.4. The molecule has 1 aromatic carbocycles. The second kappa shape index (κ2) is 5.70. The van der Waals surface area contributed by atoms with Gasteiger partial charge in [0.1, 0.15) is 0 Å². The van der Waals surface area contributed by atoms with E-state index in [-0.39, 0.29) is 12.0 Å². The van der Waals surface area contributed by atoms with Crippen molar-refractivity contribution in [2.24, 2.45) is 5.92 Å². The normalized spacial score (nSPS) is 16.1. The summed E-state index contributed by atoms with van der Waals surface area (Å²) in [7, 11) is 1.75. The zero-order valence-electron chi connectivity index (χ0n) is 12.0. The Morgan fingerprint density at radius 1 is 1.52 bits per heavy atom. The van der Waals surface area contributed by atoms with Crippen LogP contribution in [0.1, 0.15) is 18.4 Å². The standard InChI is InChI=1S/C16H19ClN2O2/c1-19(9-15(20)10-2-3-10)16(21)6-11-8-18-14-7-12(17)4-5-13(11)14/h4-5,7-8,10,15,18,20H,2-3,6,9H2,1H3. The minimum absolute atomic E-state index is 0.0190. The van der Waals surface area contributed by atoms with Gasteiger partial charge >= 0.3 is 0 Å². The Labute approximate surface area is 128 Å². The molecule has 1 amide bonds. The Bertz CT molecular complexity index is 663. The van der Waals surface area contributed by atoms with Gasteiger partial charge in [-0.3, -0.25) is 4.79 Å². The molecule has 1 saturated carbocycles. The van der Waals surface area contributed by atoms with Crippen LogP contribution in [0.3, 0.4) is 0 Å². The second-order valence-electron chi connectivity index (χ2n) is 5.86. The monoisotopic (exact) mass is 306 g/mol. The maximum Gasteiger partial charge on any atom is 0.226 e. The van der Waals surface area contributed by atoms with E-state index in [2.05, 4.69) is 4.98 Å². The molecule has 5 heteroatoms. The molecule has 1 aliphatic rings. The number of aromatic nitrogens is 1. The Morgan fingerprint density at radius 2 is 2.29 bits per heavy atom. The number of nitrogens with one attached hydrogen (secondary N) is 1. The van der Waals surface area contributed by atoms with Crippen molar-refractivity contribution in [1.29, 1.82) is 0 Å². The van der Waals surface area contributed by atoms with E-state index in [0.717, 1.165) is 29.3 Å². The molecule has 1 fully saturated rings. The van der Waals surface area contributed by atoms with Crippen LogP contribution in [0.2, 0.25) is 5.02 Å². The number of carbonyl (C=O) groups is 1. The predicted octanol–water partition coefficient (Wildman–Crippen LogP) is 2.59. The molecule has 0 spiro atoms. The van der Waals surface area contributed by atoms with E-state index in [4.69, 9.17) is 11.6 Å². The lowest BCUT2D eigenvalue weighted by Crippen LogP contribution is -2.36. The van der Waals surface area contributed by atoms with Crippen molar-refractivity contribution in [2.45, 2.75) is 25.4 Å². The molecule has 1 aliphatic carbocycles. The van der Waals surface area contributed by atoms with Gasteiger partial charge in [0.2, 0.25) is 5.91 Å². The molecule has 21 heavy (non-hydrogen) atoms. The van der Waals surface area contributed by atoms with E-state index in [0.29, 0.717) is 23.9 Å². The van der Waals surface area contributed by atoms with E-state index in [1.807, 2.05) is 24.4 Å². The summed E-state index contributed by atoms with van der Waals surface area (Å²) in [5, 5.41) is 11.6. The highest BCUT2D eigenvalue weighted by Crippen LogP contribution is 2.32. The number of hydrogen-bond acceptors (Lipinski definition) is 2. The number of aliphatic hydroxyl groups is 1. The summed E-state index contributed by atoms with van der Waals surface area (Å²) < 4.78 is 0. The number of H-pyrrole nitrogens is 1. The van der Waals surface area contributed by atoms with Crippen LogP contribution in [0.15, 0.2) is 24.4 Å².